The van der Waals surface area contributed by atoms with Crippen LogP contribution >= 0.6 is 0 Å². The Morgan fingerprint density at radius 1 is 1.36 bits per heavy atom. The molecule has 0 aromatic rings. The van der Waals surface area contributed by atoms with Gasteiger partial charge in [-0.3, -0.25) is 5.32 Å². The van der Waals surface area contributed by atoms with Crippen molar-refractivity contribution in [1.29, 1.82) is 0 Å². The standard InChI is InChI=1S/C9H17NO3S/c1-7-6-13-9(10-7)8-4-2-3-5-14(8,11)12/h7-10H,2-6H2,1H3. The molecule has 82 valence electrons. The third-order valence-electron chi connectivity index (χ3n) is 2.94. The first-order valence-electron chi connectivity index (χ1n) is 5.19. The van der Waals surface area contributed by atoms with Crippen LogP contribution in [0.15, 0.2) is 0 Å². The van der Waals surface area contributed by atoms with Gasteiger partial charge < -0.3 is 4.74 Å². The summed E-state index contributed by atoms with van der Waals surface area (Å²) in [6, 6.07) is 0.275. The SMILES string of the molecule is CC1COC(C2CCCCS2(=O)=O)N1. The predicted molar refractivity (Wildman–Crippen MR) is 53.8 cm³/mol. The van der Waals surface area contributed by atoms with Crippen molar-refractivity contribution < 1.29 is 13.2 Å². The Morgan fingerprint density at radius 2 is 2.14 bits per heavy atom. The number of sulfone groups is 1. The highest BCUT2D eigenvalue weighted by Crippen LogP contribution is 2.24. The van der Waals surface area contributed by atoms with Crippen LogP contribution in [0, 0.1) is 0 Å². The molecule has 2 fully saturated rings. The lowest BCUT2D eigenvalue weighted by Gasteiger charge is -2.26. The fourth-order valence-corrected chi connectivity index (χ4v) is 4.13. The molecule has 4 nitrogen and oxygen atoms in total. The molecular formula is C9H17NO3S. The number of hydrogen-bond acceptors (Lipinski definition) is 4. The van der Waals surface area contributed by atoms with Gasteiger partial charge in [-0.15, -0.1) is 0 Å². The summed E-state index contributed by atoms with van der Waals surface area (Å²) in [4.78, 5) is 0. The third-order valence-corrected chi connectivity index (χ3v) is 5.20. The normalized spacial score (nSPS) is 42.5. The van der Waals surface area contributed by atoms with Gasteiger partial charge in [-0.1, -0.05) is 6.42 Å². The summed E-state index contributed by atoms with van der Waals surface area (Å²) in [7, 11) is -2.92. The summed E-state index contributed by atoms with van der Waals surface area (Å²) in [5, 5.41) is 2.86. The first-order valence-corrected chi connectivity index (χ1v) is 6.90. The average molecular weight is 219 g/mol. The van der Waals surface area contributed by atoms with Crippen molar-refractivity contribution in [2.24, 2.45) is 0 Å². The van der Waals surface area contributed by atoms with Gasteiger partial charge in [0.15, 0.2) is 9.84 Å². The van der Waals surface area contributed by atoms with Crippen molar-refractivity contribution in [3.8, 4) is 0 Å². The molecule has 2 heterocycles. The highest BCUT2D eigenvalue weighted by Gasteiger charge is 2.39. The van der Waals surface area contributed by atoms with Crippen molar-refractivity contribution in [3.05, 3.63) is 0 Å². The molecule has 2 aliphatic rings. The van der Waals surface area contributed by atoms with E-state index in [0.717, 1.165) is 19.3 Å². The van der Waals surface area contributed by atoms with Gasteiger partial charge in [0.1, 0.15) is 11.5 Å². The van der Waals surface area contributed by atoms with Crippen LogP contribution in [0.5, 0.6) is 0 Å². The molecule has 0 aliphatic carbocycles. The summed E-state index contributed by atoms with van der Waals surface area (Å²) in [5.74, 6) is 0.327. The maximum atomic E-state index is 11.8. The third kappa shape index (κ3) is 1.94. The minimum absolute atomic E-state index is 0.268. The van der Waals surface area contributed by atoms with Gasteiger partial charge in [0.2, 0.25) is 0 Å². The van der Waals surface area contributed by atoms with E-state index in [0.29, 0.717) is 12.4 Å². The molecule has 0 bridgehead atoms. The zero-order valence-corrected chi connectivity index (χ0v) is 9.22. The van der Waals surface area contributed by atoms with Gasteiger partial charge in [0.05, 0.1) is 12.4 Å². The Bertz CT molecular complexity index is 301. The van der Waals surface area contributed by atoms with Crippen LogP contribution in [-0.4, -0.2) is 38.3 Å². The molecule has 2 saturated heterocycles. The monoisotopic (exact) mass is 219 g/mol. The van der Waals surface area contributed by atoms with Crippen LogP contribution in [0.1, 0.15) is 26.2 Å². The second-order valence-corrected chi connectivity index (χ2v) is 6.56. The van der Waals surface area contributed by atoms with Crippen LogP contribution in [0.4, 0.5) is 0 Å². The minimum atomic E-state index is -2.92. The van der Waals surface area contributed by atoms with E-state index < -0.39 is 9.84 Å². The van der Waals surface area contributed by atoms with Gasteiger partial charge in [-0.05, 0) is 19.8 Å². The van der Waals surface area contributed by atoms with E-state index in [9.17, 15) is 8.42 Å². The fraction of sp³-hybridized carbons (Fsp3) is 1.00. The predicted octanol–water partition coefficient (Wildman–Crippen LogP) is 0.288. The molecule has 0 aromatic carbocycles. The van der Waals surface area contributed by atoms with E-state index in [4.69, 9.17) is 4.74 Å². The Kier molecular flexibility index (Phi) is 2.81. The van der Waals surface area contributed by atoms with Crippen LogP contribution in [0.2, 0.25) is 0 Å². The molecule has 14 heavy (non-hydrogen) atoms. The first-order chi connectivity index (χ1) is 6.59. The molecule has 2 aliphatic heterocycles. The van der Waals surface area contributed by atoms with E-state index in [1.807, 2.05) is 6.92 Å². The average Bonchev–Trinajstić information content (AvgIpc) is 2.51. The van der Waals surface area contributed by atoms with E-state index >= 15 is 0 Å². The smallest absolute Gasteiger partial charge is 0.157 e. The van der Waals surface area contributed by atoms with Crippen molar-refractivity contribution in [2.45, 2.75) is 43.7 Å². The van der Waals surface area contributed by atoms with Gasteiger partial charge >= 0.3 is 0 Å². The van der Waals surface area contributed by atoms with Crippen molar-refractivity contribution in [3.63, 3.8) is 0 Å². The summed E-state index contributed by atoms with van der Waals surface area (Å²) < 4.78 is 29.0. The molecule has 5 heteroatoms. The highest BCUT2D eigenvalue weighted by molar-refractivity contribution is 7.92. The molecule has 1 N–H and O–H groups in total. The first kappa shape index (κ1) is 10.4. The van der Waals surface area contributed by atoms with E-state index in [2.05, 4.69) is 5.32 Å². The van der Waals surface area contributed by atoms with Crippen molar-refractivity contribution in [1.82, 2.24) is 5.32 Å². The van der Waals surface area contributed by atoms with Gasteiger partial charge in [0.25, 0.3) is 0 Å². The lowest BCUT2D eigenvalue weighted by Crippen LogP contribution is -2.45. The van der Waals surface area contributed by atoms with Gasteiger partial charge in [0, 0.05) is 6.04 Å². The maximum absolute atomic E-state index is 11.8. The Labute approximate surface area is 84.9 Å². The molecule has 3 unspecified atom stereocenters. The second-order valence-electron chi connectivity index (χ2n) is 4.22. The van der Waals surface area contributed by atoms with E-state index in [1.54, 1.807) is 0 Å². The molecule has 2 rings (SSSR count). The molecule has 0 spiro atoms. The lowest BCUT2D eigenvalue weighted by atomic mass is 10.1. The molecule has 0 aromatic heterocycles. The number of rotatable bonds is 1. The quantitative estimate of drug-likeness (QED) is 0.688. The van der Waals surface area contributed by atoms with Gasteiger partial charge in [-0.2, -0.15) is 0 Å². The number of ether oxygens (including phenoxy) is 1. The molecule has 0 saturated carbocycles. The molecule has 0 amide bonds. The number of nitrogens with one attached hydrogen (secondary N) is 1. The zero-order valence-electron chi connectivity index (χ0n) is 8.40. The summed E-state index contributed by atoms with van der Waals surface area (Å²) in [6.45, 7) is 2.63. The number of hydrogen-bond donors (Lipinski definition) is 1. The Hall–Kier alpha value is -0.130. The fourth-order valence-electron chi connectivity index (χ4n) is 2.16. The van der Waals surface area contributed by atoms with Crippen molar-refractivity contribution in [2.75, 3.05) is 12.4 Å². The lowest BCUT2D eigenvalue weighted by molar-refractivity contribution is 0.0925. The summed E-state index contributed by atoms with van der Waals surface area (Å²) in [5.41, 5.74) is 0. The van der Waals surface area contributed by atoms with Crippen LogP contribution in [-0.2, 0) is 14.6 Å². The second kappa shape index (κ2) is 3.79. The van der Waals surface area contributed by atoms with E-state index in [1.165, 1.54) is 0 Å². The van der Waals surface area contributed by atoms with Crippen LogP contribution < -0.4 is 5.32 Å². The van der Waals surface area contributed by atoms with Gasteiger partial charge in [-0.25, -0.2) is 8.42 Å². The zero-order chi connectivity index (χ0) is 10.2. The maximum Gasteiger partial charge on any atom is 0.157 e. The Balaban J connectivity index is 2.09. The summed E-state index contributed by atoms with van der Waals surface area (Å²) >= 11 is 0. The van der Waals surface area contributed by atoms with Crippen LogP contribution in [0.25, 0.3) is 0 Å². The van der Waals surface area contributed by atoms with Crippen LogP contribution in [0.3, 0.4) is 0 Å². The largest absolute Gasteiger partial charge is 0.360 e. The summed E-state index contributed by atoms with van der Waals surface area (Å²) in [6.07, 6.45) is 2.28. The minimum Gasteiger partial charge on any atom is -0.360 e. The highest BCUT2D eigenvalue weighted by atomic mass is 32.2. The topological polar surface area (TPSA) is 55.4 Å². The molecular weight excluding hydrogens is 202 g/mol. The molecule has 0 radical (unpaired) electrons. The Morgan fingerprint density at radius 3 is 2.71 bits per heavy atom. The van der Waals surface area contributed by atoms with Crippen molar-refractivity contribution >= 4 is 9.84 Å². The molecule has 3 atom stereocenters. The van der Waals surface area contributed by atoms with E-state index in [-0.39, 0.29) is 17.5 Å².